The number of para-hydroxylation sites is 4. The van der Waals surface area contributed by atoms with Crippen LogP contribution in [0.4, 0.5) is 34.1 Å². The fraction of sp³-hybridized carbons (Fsp3) is 0. The molecule has 13 aromatic carbocycles. The van der Waals surface area contributed by atoms with Crippen LogP contribution in [0.3, 0.4) is 0 Å². The third-order valence-corrected chi connectivity index (χ3v) is 15.5. The van der Waals surface area contributed by atoms with E-state index in [0.29, 0.717) is 0 Å². The lowest BCUT2D eigenvalue weighted by molar-refractivity contribution is 1.18. The molecule has 0 aliphatic rings. The van der Waals surface area contributed by atoms with Crippen molar-refractivity contribution in [2.24, 2.45) is 0 Å². The zero-order chi connectivity index (χ0) is 50.1. The lowest BCUT2D eigenvalue weighted by Crippen LogP contribution is -2.11. The van der Waals surface area contributed by atoms with Gasteiger partial charge in [0.25, 0.3) is 0 Å². The first kappa shape index (κ1) is 43.4. The molecule has 0 bridgehead atoms. The molecule has 0 saturated carbocycles. The van der Waals surface area contributed by atoms with Gasteiger partial charge in [0.1, 0.15) is 0 Å². The fourth-order valence-electron chi connectivity index (χ4n) is 12.1. The maximum absolute atomic E-state index is 2.47. The maximum Gasteiger partial charge on any atom is 0.0542 e. The van der Waals surface area contributed by atoms with Crippen molar-refractivity contribution in [2.75, 3.05) is 9.80 Å². The molecule has 4 heteroatoms. The van der Waals surface area contributed by atoms with Gasteiger partial charge in [0.05, 0.1) is 39.1 Å². The molecule has 0 saturated heterocycles. The van der Waals surface area contributed by atoms with Crippen molar-refractivity contribution in [3.63, 3.8) is 0 Å². The average molecular weight is 969 g/mol. The topological polar surface area (TPSA) is 16.3 Å². The van der Waals surface area contributed by atoms with Gasteiger partial charge in [-0.05, 0) is 130 Å². The molecule has 0 fully saturated rings. The van der Waals surface area contributed by atoms with Crippen LogP contribution < -0.4 is 9.80 Å². The lowest BCUT2D eigenvalue weighted by Gasteiger charge is -2.29. The highest BCUT2D eigenvalue weighted by molar-refractivity contribution is 6.14. The molecule has 2 heterocycles. The van der Waals surface area contributed by atoms with E-state index in [1.54, 1.807) is 0 Å². The predicted octanol–water partition coefficient (Wildman–Crippen LogP) is 19.9. The predicted molar refractivity (Wildman–Crippen MR) is 322 cm³/mol. The molecule has 0 spiro atoms. The minimum Gasteiger partial charge on any atom is -0.310 e. The number of rotatable bonds is 9. The molecule has 76 heavy (non-hydrogen) atoms. The second-order valence-corrected chi connectivity index (χ2v) is 19.7. The molecular formula is C72H48N4. The molecular weight excluding hydrogens is 921 g/mol. The molecule has 0 radical (unpaired) electrons. The SMILES string of the molecule is c1ccc(-n2c3ccccc3c3cc(N(c4ccc(-c5ccc(N(c6ccc7c(c6)c6ccccc6n7-c6ccccc6)c6cccc7ccccc67)c6ccccc56)cc4)c4cccc5ccccc45)ccc32)cc1. The van der Waals surface area contributed by atoms with Crippen LogP contribution in [0.5, 0.6) is 0 Å². The smallest absolute Gasteiger partial charge is 0.0542 e. The standard InChI is InChI=1S/C72H48N4/c1-3-23-52(24-4-1)74-68-33-15-13-31-62(68)64-47-55(41-44-71(64)74)73(66-35-17-21-49-19-7-9-27-58(49)66)54-39-37-51(38-40-54)57-43-46-70(61-30-12-11-29-60(57)61)76(67-36-18-22-50-20-8-10-28-59(50)67)56-42-45-72-65(48-56)63-32-14-16-34-69(63)75(72)53-25-5-2-6-26-53/h1-48H. The summed E-state index contributed by atoms with van der Waals surface area (Å²) in [5.74, 6) is 0. The van der Waals surface area contributed by atoms with Crippen molar-refractivity contribution in [2.45, 2.75) is 0 Å². The summed E-state index contributed by atoms with van der Waals surface area (Å²) in [6, 6.07) is 106. The number of benzene rings is 13. The van der Waals surface area contributed by atoms with E-state index in [1.165, 1.54) is 81.5 Å². The van der Waals surface area contributed by atoms with Gasteiger partial charge in [-0.3, -0.25) is 0 Å². The number of fused-ring (bicyclic) bond motifs is 9. The Hall–Kier alpha value is -10.2. The van der Waals surface area contributed by atoms with Gasteiger partial charge in [-0.25, -0.2) is 0 Å². The third kappa shape index (κ3) is 7.00. The number of aromatic nitrogens is 2. The molecule has 0 amide bonds. The highest BCUT2D eigenvalue weighted by atomic mass is 15.2. The van der Waals surface area contributed by atoms with Gasteiger partial charge in [-0.2, -0.15) is 0 Å². The molecule has 15 rings (SSSR count). The Kier molecular flexibility index (Phi) is 10.2. The van der Waals surface area contributed by atoms with Crippen molar-refractivity contribution in [3.05, 3.63) is 291 Å². The largest absolute Gasteiger partial charge is 0.310 e. The summed E-state index contributed by atoms with van der Waals surface area (Å²) in [7, 11) is 0. The van der Waals surface area contributed by atoms with Crippen LogP contribution in [0.2, 0.25) is 0 Å². The molecule has 356 valence electrons. The van der Waals surface area contributed by atoms with Gasteiger partial charge in [-0.1, -0.05) is 188 Å². The van der Waals surface area contributed by atoms with E-state index >= 15 is 0 Å². The van der Waals surface area contributed by atoms with Gasteiger partial charge in [0.15, 0.2) is 0 Å². The molecule has 0 unspecified atom stereocenters. The van der Waals surface area contributed by atoms with Crippen molar-refractivity contribution in [1.29, 1.82) is 0 Å². The third-order valence-electron chi connectivity index (χ3n) is 15.5. The van der Waals surface area contributed by atoms with Crippen molar-refractivity contribution in [3.8, 4) is 22.5 Å². The second kappa shape index (κ2) is 17.8. The highest BCUT2D eigenvalue weighted by Crippen LogP contribution is 2.47. The number of hydrogen-bond donors (Lipinski definition) is 0. The summed E-state index contributed by atoms with van der Waals surface area (Å²) < 4.78 is 4.77. The van der Waals surface area contributed by atoms with Crippen LogP contribution in [0.15, 0.2) is 291 Å². The van der Waals surface area contributed by atoms with E-state index in [-0.39, 0.29) is 0 Å². The van der Waals surface area contributed by atoms with Crippen molar-refractivity contribution >= 4 is 110 Å². The Morgan fingerprint density at radius 3 is 1.17 bits per heavy atom. The van der Waals surface area contributed by atoms with Crippen LogP contribution in [0, 0.1) is 0 Å². The number of anilines is 6. The first-order valence-corrected chi connectivity index (χ1v) is 26.1. The number of nitrogens with zero attached hydrogens (tertiary/aromatic N) is 4. The summed E-state index contributed by atoms with van der Waals surface area (Å²) in [6.07, 6.45) is 0. The van der Waals surface area contributed by atoms with Crippen LogP contribution in [-0.4, -0.2) is 9.13 Å². The lowest BCUT2D eigenvalue weighted by atomic mass is 9.95. The van der Waals surface area contributed by atoms with Crippen LogP contribution >= 0.6 is 0 Å². The zero-order valence-corrected chi connectivity index (χ0v) is 41.5. The van der Waals surface area contributed by atoms with Gasteiger partial charge in [0.2, 0.25) is 0 Å². The van der Waals surface area contributed by atoms with E-state index in [4.69, 9.17) is 0 Å². The second-order valence-electron chi connectivity index (χ2n) is 19.7. The van der Waals surface area contributed by atoms with E-state index in [9.17, 15) is 0 Å². The van der Waals surface area contributed by atoms with Crippen LogP contribution in [0.25, 0.3) is 98.4 Å². The maximum atomic E-state index is 2.47. The quantitative estimate of drug-likeness (QED) is 0.143. The van der Waals surface area contributed by atoms with Crippen molar-refractivity contribution < 1.29 is 0 Å². The Labute approximate surface area is 440 Å². The summed E-state index contributed by atoms with van der Waals surface area (Å²) in [4.78, 5) is 4.90. The minimum absolute atomic E-state index is 1.08. The Bertz CT molecular complexity index is 4690. The van der Waals surface area contributed by atoms with E-state index in [1.807, 2.05) is 0 Å². The average Bonchev–Trinajstić information content (AvgIpc) is 4.03. The van der Waals surface area contributed by atoms with Crippen LogP contribution in [-0.2, 0) is 0 Å². The van der Waals surface area contributed by atoms with Gasteiger partial charge in [0, 0.05) is 66.1 Å². The first-order valence-electron chi connectivity index (χ1n) is 26.1. The van der Waals surface area contributed by atoms with Crippen molar-refractivity contribution in [1.82, 2.24) is 9.13 Å². The van der Waals surface area contributed by atoms with E-state index < -0.39 is 0 Å². The summed E-state index contributed by atoms with van der Waals surface area (Å²) >= 11 is 0. The molecule has 2 aromatic heterocycles. The van der Waals surface area contributed by atoms with Gasteiger partial charge < -0.3 is 18.9 Å². The fourth-order valence-corrected chi connectivity index (χ4v) is 12.1. The van der Waals surface area contributed by atoms with E-state index in [2.05, 4.69) is 310 Å². The minimum atomic E-state index is 1.08. The van der Waals surface area contributed by atoms with E-state index in [0.717, 1.165) is 51.1 Å². The molecule has 0 atom stereocenters. The molecule has 0 aliphatic heterocycles. The molecule has 0 aliphatic carbocycles. The Balaban J connectivity index is 0.883. The van der Waals surface area contributed by atoms with Gasteiger partial charge >= 0.3 is 0 Å². The summed E-state index contributed by atoms with van der Waals surface area (Å²) in [5, 5.41) is 12.0. The summed E-state index contributed by atoms with van der Waals surface area (Å²) in [6.45, 7) is 0. The highest BCUT2D eigenvalue weighted by Gasteiger charge is 2.23. The zero-order valence-electron chi connectivity index (χ0n) is 41.5. The first-order chi connectivity index (χ1) is 37.7. The number of hydrogen-bond acceptors (Lipinski definition) is 2. The molecule has 0 N–H and O–H groups in total. The van der Waals surface area contributed by atoms with Gasteiger partial charge in [-0.15, -0.1) is 0 Å². The Morgan fingerprint density at radius 1 is 0.224 bits per heavy atom. The molecule has 15 aromatic rings. The molecule has 4 nitrogen and oxygen atoms in total. The van der Waals surface area contributed by atoms with Crippen LogP contribution in [0.1, 0.15) is 0 Å². The Morgan fingerprint density at radius 2 is 0.618 bits per heavy atom. The summed E-state index contributed by atoms with van der Waals surface area (Å²) in [5.41, 5.74) is 16.0. The normalized spacial score (nSPS) is 11.7. The monoisotopic (exact) mass is 968 g/mol.